The quantitative estimate of drug-likeness (QED) is 0.691. The lowest BCUT2D eigenvalue weighted by atomic mass is 9.99. The van der Waals surface area contributed by atoms with Gasteiger partial charge in [0, 0.05) is 19.6 Å². The van der Waals surface area contributed by atoms with Gasteiger partial charge in [0.25, 0.3) is 0 Å². The average molecular weight is 256 g/mol. The normalized spacial score (nSPS) is 28.2. The summed E-state index contributed by atoms with van der Waals surface area (Å²) < 4.78 is 5.08. The number of rotatable bonds is 4. The van der Waals surface area contributed by atoms with E-state index in [1.165, 1.54) is 12.8 Å². The van der Waals surface area contributed by atoms with E-state index in [1.807, 2.05) is 0 Å². The maximum absolute atomic E-state index is 11.7. The van der Waals surface area contributed by atoms with Crippen LogP contribution >= 0.6 is 0 Å². The Kier molecular flexibility index (Phi) is 4.06. The molecule has 0 aromatic carbocycles. The summed E-state index contributed by atoms with van der Waals surface area (Å²) in [5.74, 6) is -0.493. The third-order valence-corrected chi connectivity index (χ3v) is 3.81. The molecule has 2 aliphatic rings. The molecule has 6 nitrogen and oxygen atoms in total. The smallest absolute Gasteiger partial charge is 0.332 e. The highest BCUT2D eigenvalue weighted by molar-refractivity contribution is 5.86. The van der Waals surface area contributed by atoms with Crippen LogP contribution in [0, 0.1) is 5.92 Å². The second-order valence-electron chi connectivity index (χ2n) is 5.18. The predicted octanol–water partition coefficient (Wildman–Crippen LogP) is 0.719. The number of hydrogen-bond donors (Lipinski definition) is 3. The third-order valence-electron chi connectivity index (χ3n) is 3.81. The van der Waals surface area contributed by atoms with E-state index in [1.54, 1.807) is 0 Å². The van der Waals surface area contributed by atoms with E-state index < -0.39 is 17.5 Å². The first-order chi connectivity index (χ1) is 8.62. The van der Waals surface area contributed by atoms with E-state index in [-0.39, 0.29) is 6.61 Å². The second kappa shape index (κ2) is 5.56. The number of amides is 2. The lowest BCUT2D eigenvalue weighted by Gasteiger charge is -2.24. The van der Waals surface area contributed by atoms with E-state index in [4.69, 9.17) is 9.84 Å². The number of carboxylic acid groups (broad SMARTS) is 1. The first-order valence-electron chi connectivity index (χ1n) is 6.49. The number of ether oxygens (including phenoxy) is 1. The summed E-state index contributed by atoms with van der Waals surface area (Å²) in [4.78, 5) is 22.9. The average Bonchev–Trinajstić information content (AvgIpc) is 2.97. The topological polar surface area (TPSA) is 87.7 Å². The first kappa shape index (κ1) is 13.1. The van der Waals surface area contributed by atoms with E-state index in [0.717, 1.165) is 12.8 Å². The summed E-state index contributed by atoms with van der Waals surface area (Å²) in [5.41, 5.74) is -1.25. The second-order valence-corrected chi connectivity index (χ2v) is 5.18. The van der Waals surface area contributed by atoms with Crippen molar-refractivity contribution in [1.82, 2.24) is 10.6 Å². The van der Waals surface area contributed by atoms with Gasteiger partial charge in [-0.25, -0.2) is 9.59 Å². The van der Waals surface area contributed by atoms with Gasteiger partial charge in [0.2, 0.25) is 0 Å². The van der Waals surface area contributed by atoms with Crippen LogP contribution in [0.5, 0.6) is 0 Å². The Morgan fingerprint density at radius 2 is 2.06 bits per heavy atom. The van der Waals surface area contributed by atoms with Crippen LogP contribution in [0.25, 0.3) is 0 Å². The molecule has 0 aromatic heterocycles. The molecular formula is C12H20N2O4. The van der Waals surface area contributed by atoms with Gasteiger partial charge in [0.1, 0.15) is 0 Å². The molecule has 1 aliphatic heterocycles. The predicted molar refractivity (Wildman–Crippen MR) is 64.3 cm³/mol. The Morgan fingerprint density at radius 3 is 2.61 bits per heavy atom. The zero-order chi connectivity index (χ0) is 13.0. The lowest BCUT2D eigenvalue weighted by molar-refractivity contribution is -0.144. The zero-order valence-corrected chi connectivity index (χ0v) is 10.4. The molecule has 2 rings (SSSR count). The molecule has 1 atom stereocenters. The van der Waals surface area contributed by atoms with E-state index in [2.05, 4.69) is 10.6 Å². The summed E-state index contributed by atoms with van der Waals surface area (Å²) in [6, 6.07) is -0.408. The highest BCUT2D eigenvalue weighted by atomic mass is 16.5. The highest BCUT2D eigenvalue weighted by Crippen LogP contribution is 2.23. The van der Waals surface area contributed by atoms with Gasteiger partial charge in [-0.1, -0.05) is 12.8 Å². The van der Waals surface area contributed by atoms with Gasteiger partial charge in [-0.2, -0.15) is 0 Å². The van der Waals surface area contributed by atoms with Crippen molar-refractivity contribution in [2.24, 2.45) is 5.92 Å². The number of urea groups is 1. The highest BCUT2D eigenvalue weighted by Gasteiger charge is 2.44. The van der Waals surface area contributed by atoms with Gasteiger partial charge in [0.05, 0.1) is 6.61 Å². The van der Waals surface area contributed by atoms with Gasteiger partial charge in [0.15, 0.2) is 5.54 Å². The molecule has 0 spiro atoms. The number of hydrogen-bond acceptors (Lipinski definition) is 3. The molecule has 2 fully saturated rings. The Balaban J connectivity index is 1.80. The summed E-state index contributed by atoms with van der Waals surface area (Å²) in [6.07, 6.45) is 5.06. The molecule has 102 valence electrons. The number of aliphatic carboxylic acids is 1. The van der Waals surface area contributed by atoms with Crippen molar-refractivity contribution >= 4 is 12.0 Å². The Hall–Kier alpha value is -1.30. The first-order valence-corrected chi connectivity index (χ1v) is 6.49. The van der Waals surface area contributed by atoms with Crippen molar-refractivity contribution in [2.45, 2.75) is 37.6 Å². The standard InChI is InChI=1S/C12H20N2O4/c15-10(16)12(5-6-18-8-12)14-11(17)13-7-9-3-1-2-4-9/h9H,1-8H2,(H,15,16)(H2,13,14,17). The number of carboxylic acids is 1. The van der Waals surface area contributed by atoms with Gasteiger partial charge in [-0.3, -0.25) is 0 Å². The fourth-order valence-electron chi connectivity index (χ4n) is 2.60. The van der Waals surface area contributed by atoms with Gasteiger partial charge in [-0.15, -0.1) is 0 Å². The SMILES string of the molecule is O=C(NCC1CCCC1)NC1(C(=O)O)CCOC1. The molecule has 1 saturated carbocycles. The van der Waals surface area contributed by atoms with Crippen molar-refractivity contribution < 1.29 is 19.4 Å². The molecule has 6 heteroatoms. The molecule has 0 bridgehead atoms. The molecular weight excluding hydrogens is 236 g/mol. The number of carbonyl (C=O) groups is 2. The van der Waals surface area contributed by atoms with Gasteiger partial charge < -0.3 is 20.5 Å². The minimum atomic E-state index is -1.25. The van der Waals surface area contributed by atoms with Crippen LogP contribution in [0.1, 0.15) is 32.1 Å². The van der Waals surface area contributed by atoms with Crippen molar-refractivity contribution in [1.29, 1.82) is 0 Å². The van der Waals surface area contributed by atoms with E-state index in [0.29, 0.717) is 25.5 Å². The fraction of sp³-hybridized carbons (Fsp3) is 0.833. The minimum absolute atomic E-state index is 0.0409. The van der Waals surface area contributed by atoms with E-state index >= 15 is 0 Å². The van der Waals surface area contributed by atoms with E-state index in [9.17, 15) is 9.59 Å². The fourth-order valence-corrected chi connectivity index (χ4v) is 2.60. The molecule has 1 saturated heterocycles. The summed E-state index contributed by atoms with van der Waals surface area (Å²) in [5, 5.41) is 14.5. The van der Waals surface area contributed by atoms with Crippen LogP contribution in [0.2, 0.25) is 0 Å². The van der Waals surface area contributed by atoms with Gasteiger partial charge >= 0.3 is 12.0 Å². The maximum atomic E-state index is 11.7. The molecule has 1 unspecified atom stereocenters. The molecule has 2 amide bonds. The van der Waals surface area contributed by atoms with Crippen molar-refractivity contribution in [2.75, 3.05) is 19.8 Å². The molecule has 1 aliphatic carbocycles. The molecule has 0 aromatic rings. The lowest BCUT2D eigenvalue weighted by Crippen LogP contribution is -2.58. The van der Waals surface area contributed by atoms with Crippen LogP contribution in [0.3, 0.4) is 0 Å². The summed E-state index contributed by atoms with van der Waals surface area (Å²) in [6.45, 7) is 1.04. The number of nitrogens with one attached hydrogen (secondary N) is 2. The van der Waals surface area contributed by atoms with Crippen molar-refractivity contribution in [3.05, 3.63) is 0 Å². The monoisotopic (exact) mass is 256 g/mol. The maximum Gasteiger partial charge on any atom is 0.332 e. The third kappa shape index (κ3) is 2.93. The van der Waals surface area contributed by atoms with Crippen molar-refractivity contribution in [3.63, 3.8) is 0 Å². The Bertz CT molecular complexity index is 320. The molecule has 1 heterocycles. The van der Waals surface area contributed by atoms with Crippen LogP contribution in [-0.2, 0) is 9.53 Å². The minimum Gasteiger partial charge on any atom is -0.479 e. The Morgan fingerprint density at radius 1 is 1.33 bits per heavy atom. The summed E-state index contributed by atoms with van der Waals surface area (Å²) >= 11 is 0. The summed E-state index contributed by atoms with van der Waals surface area (Å²) in [7, 11) is 0. The van der Waals surface area contributed by atoms with Gasteiger partial charge in [-0.05, 0) is 18.8 Å². The number of carbonyl (C=O) groups excluding carboxylic acids is 1. The molecule has 0 radical (unpaired) electrons. The molecule has 3 N–H and O–H groups in total. The molecule has 18 heavy (non-hydrogen) atoms. The Labute approximate surface area is 106 Å². The largest absolute Gasteiger partial charge is 0.479 e. The van der Waals surface area contributed by atoms with Crippen LogP contribution < -0.4 is 10.6 Å². The zero-order valence-electron chi connectivity index (χ0n) is 10.4. The van der Waals surface area contributed by atoms with Crippen LogP contribution in [-0.4, -0.2) is 42.4 Å². The van der Waals surface area contributed by atoms with Crippen molar-refractivity contribution in [3.8, 4) is 0 Å². The van der Waals surface area contributed by atoms with Crippen LogP contribution in [0.4, 0.5) is 4.79 Å². The van der Waals surface area contributed by atoms with Crippen LogP contribution in [0.15, 0.2) is 0 Å².